The highest BCUT2D eigenvalue weighted by molar-refractivity contribution is 7.91. The Balaban J connectivity index is 1.66. The molecule has 0 radical (unpaired) electrons. The second-order valence-corrected chi connectivity index (χ2v) is 7.34. The summed E-state index contributed by atoms with van der Waals surface area (Å²) in [5.74, 6) is 0.154. The van der Waals surface area contributed by atoms with Crippen LogP contribution < -0.4 is 10.6 Å². The maximum atomic E-state index is 11.9. The van der Waals surface area contributed by atoms with Gasteiger partial charge in [-0.05, 0) is 30.7 Å². The zero-order valence-corrected chi connectivity index (χ0v) is 12.1. The van der Waals surface area contributed by atoms with Crippen LogP contribution in [0.1, 0.15) is 6.42 Å². The van der Waals surface area contributed by atoms with Crippen LogP contribution in [0.15, 0.2) is 36.5 Å². The van der Waals surface area contributed by atoms with Crippen LogP contribution in [0, 0.1) is 0 Å². The van der Waals surface area contributed by atoms with Gasteiger partial charge in [0.25, 0.3) is 0 Å². The van der Waals surface area contributed by atoms with Gasteiger partial charge in [0.1, 0.15) is 0 Å². The molecule has 0 aliphatic carbocycles. The molecule has 0 bridgehead atoms. The van der Waals surface area contributed by atoms with E-state index in [4.69, 9.17) is 0 Å². The fraction of sp³-hybridized carbons (Fsp3) is 0.286. The molecule has 7 heteroatoms. The number of fused-ring (bicyclic) bond motifs is 1. The highest BCUT2D eigenvalue weighted by atomic mass is 32.2. The van der Waals surface area contributed by atoms with Crippen LogP contribution in [0.5, 0.6) is 0 Å². The van der Waals surface area contributed by atoms with Crippen molar-refractivity contribution >= 4 is 32.5 Å². The van der Waals surface area contributed by atoms with E-state index in [9.17, 15) is 13.2 Å². The Morgan fingerprint density at radius 2 is 2.14 bits per heavy atom. The molecule has 1 aromatic heterocycles. The van der Waals surface area contributed by atoms with Crippen LogP contribution in [-0.4, -0.2) is 37.0 Å². The number of carbonyl (C=O) groups is 1. The largest absolute Gasteiger partial charge is 0.334 e. The third-order valence-electron chi connectivity index (χ3n) is 3.43. The minimum absolute atomic E-state index is 0.0159. The van der Waals surface area contributed by atoms with E-state index >= 15 is 0 Å². The Morgan fingerprint density at radius 3 is 2.90 bits per heavy atom. The number of benzene rings is 1. The van der Waals surface area contributed by atoms with E-state index in [1.807, 2.05) is 24.3 Å². The lowest BCUT2D eigenvalue weighted by molar-refractivity contribution is 0.249. The van der Waals surface area contributed by atoms with Gasteiger partial charge in [0.2, 0.25) is 0 Å². The number of carbonyl (C=O) groups excluding carboxylic acids is 1. The number of hydrogen-bond acceptors (Lipinski definition) is 4. The van der Waals surface area contributed by atoms with Crippen molar-refractivity contribution in [2.75, 3.05) is 16.8 Å². The smallest absolute Gasteiger partial charge is 0.319 e. The molecule has 2 N–H and O–H groups in total. The molecule has 1 aliphatic heterocycles. The van der Waals surface area contributed by atoms with E-state index in [-0.39, 0.29) is 23.6 Å². The van der Waals surface area contributed by atoms with Crippen molar-refractivity contribution < 1.29 is 13.2 Å². The summed E-state index contributed by atoms with van der Waals surface area (Å²) >= 11 is 0. The van der Waals surface area contributed by atoms with Gasteiger partial charge in [0.05, 0.1) is 17.0 Å². The van der Waals surface area contributed by atoms with Crippen molar-refractivity contribution in [2.45, 2.75) is 12.5 Å². The average Bonchev–Trinajstić information content (AvgIpc) is 2.77. The monoisotopic (exact) mass is 305 g/mol. The molecule has 0 saturated carbocycles. The van der Waals surface area contributed by atoms with Gasteiger partial charge in [0.15, 0.2) is 9.84 Å². The Hall–Kier alpha value is -2.15. The van der Waals surface area contributed by atoms with E-state index in [1.54, 1.807) is 12.3 Å². The van der Waals surface area contributed by atoms with Crippen molar-refractivity contribution in [2.24, 2.45) is 0 Å². The maximum absolute atomic E-state index is 11.9. The summed E-state index contributed by atoms with van der Waals surface area (Å²) in [6, 6.07) is 8.46. The van der Waals surface area contributed by atoms with Crippen molar-refractivity contribution in [3.8, 4) is 0 Å². The number of rotatable bonds is 2. The Morgan fingerprint density at radius 1 is 1.29 bits per heavy atom. The fourth-order valence-electron chi connectivity index (χ4n) is 2.41. The summed E-state index contributed by atoms with van der Waals surface area (Å²) in [5.41, 5.74) is 1.50. The number of hydrogen-bond donors (Lipinski definition) is 2. The molecule has 21 heavy (non-hydrogen) atoms. The number of nitrogens with zero attached hydrogens (tertiary/aromatic N) is 1. The van der Waals surface area contributed by atoms with Crippen molar-refractivity contribution in [1.29, 1.82) is 0 Å². The predicted molar refractivity (Wildman–Crippen MR) is 81.0 cm³/mol. The fourth-order valence-corrected chi connectivity index (χ4v) is 4.09. The molecule has 2 heterocycles. The molecule has 1 fully saturated rings. The molecule has 1 aliphatic rings. The zero-order chi connectivity index (χ0) is 14.9. The summed E-state index contributed by atoms with van der Waals surface area (Å²) in [5, 5.41) is 6.33. The van der Waals surface area contributed by atoms with Crippen molar-refractivity contribution in [3.05, 3.63) is 36.5 Å². The molecule has 1 atom stereocenters. The van der Waals surface area contributed by atoms with Crippen LogP contribution in [0.4, 0.5) is 10.5 Å². The normalized spacial score (nSPS) is 20.3. The summed E-state index contributed by atoms with van der Waals surface area (Å²) in [6.45, 7) is 0. The van der Waals surface area contributed by atoms with Gasteiger partial charge in [-0.2, -0.15) is 0 Å². The number of anilines is 1. The van der Waals surface area contributed by atoms with E-state index in [1.165, 1.54) is 0 Å². The molecule has 110 valence electrons. The number of amides is 2. The summed E-state index contributed by atoms with van der Waals surface area (Å²) in [7, 11) is -2.99. The van der Waals surface area contributed by atoms with Crippen LogP contribution in [0.2, 0.25) is 0 Å². The standard InChI is InChI=1S/C14H15N3O3S/c18-14(17-12-5-7-21(19,20)9-12)16-11-3-4-13-10(8-11)2-1-6-15-13/h1-4,6,8,12H,5,7,9H2,(H2,16,17,18)/t12-/m1/s1. The van der Waals surface area contributed by atoms with Gasteiger partial charge in [-0.3, -0.25) is 4.98 Å². The SMILES string of the molecule is O=C(Nc1ccc2ncccc2c1)N[C@@H]1CCS(=O)(=O)C1. The first kappa shape index (κ1) is 13.8. The third kappa shape index (κ3) is 3.30. The van der Waals surface area contributed by atoms with Gasteiger partial charge in [-0.25, -0.2) is 13.2 Å². The highest BCUT2D eigenvalue weighted by Crippen LogP contribution is 2.17. The summed E-state index contributed by atoms with van der Waals surface area (Å²) in [6.07, 6.45) is 2.18. The Bertz CT molecular complexity index is 789. The lowest BCUT2D eigenvalue weighted by Crippen LogP contribution is -2.38. The lowest BCUT2D eigenvalue weighted by Gasteiger charge is -2.12. The third-order valence-corrected chi connectivity index (χ3v) is 5.20. The second-order valence-electron chi connectivity index (χ2n) is 5.11. The minimum Gasteiger partial charge on any atom is -0.334 e. The van der Waals surface area contributed by atoms with Crippen LogP contribution in [0.25, 0.3) is 10.9 Å². The van der Waals surface area contributed by atoms with Crippen molar-refractivity contribution in [3.63, 3.8) is 0 Å². The number of sulfone groups is 1. The molecular weight excluding hydrogens is 290 g/mol. The number of pyridine rings is 1. The maximum Gasteiger partial charge on any atom is 0.319 e. The topological polar surface area (TPSA) is 88.2 Å². The first-order valence-corrected chi connectivity index (χ1v) is 8.47. The molecule has 0 unspecified atom stereocenters. The van der Waals surface area contributed by atoms with E-state index in [0.717, 1.165) is 10.9 Å². The molecule has 2 aromatic rings. The minimum atomic E-state index is -2.99. The number of aromatic nitrogens is 1. The van der Waals surface area contributed by atoms with Gasteiger partial charge >= 0.3 is 6.03 Å². The van der Waals surface area contributed by atoms with E-state index in [2.05, 4.69) is 15.6 Å². The zero-order valence-electron chi connectivity index (χ0n) is 11.2. The van der Waals surface area contributed by atoms with Crippen LogP contribution in [-0.2, 0) is 9.84 Å². The quantitative estimate of drug-likeness (QED) is 0.881. The first-order valence-electron chi connectivity index (χ1n) is 6.65. The van der Waals surface area contributed by atoms with Crippen molar-refractivity contribution in [1.82, 2.24) is 10.3 Å². The number of nitrogens with one attached hydrogen (secondary N) is 2. The van der Waals surface area contributed by atoms with E-state index in [0.29, 0.717) is 12.1 Å². The Kier molecular flexibility index (Phi) is 3.50. The van der Waals surface area contributed by atoms with E-state index < -0.39 is 9.84 Å². The summed E-state index contributed by atoms with van der Waals surface area (Å²) < 4.78 is 22.7. The highest BCUT2D eigenvalue weighted by Gasteiger charge is 2.28. The molecule has 1 aromatic carbocycles. The van der Waals surface area contributed by atoms with Gasteiger partial charge in [0, 0.05) is 23.3 Å². The average molecular weight is 305 g/mol. The summed E-state index contributed by atoms with van der Waals surface area (Å²) in [4.78, 5) is 16.1. The molecule has 2 amide bonds. The van der Waals surface area contributed by atoms with Gasteiger partial charge in [-0.15, -0.1) is 0 Å². The molecule has 3 rings (SSSR count). The van der Waals surface area contributed by atoms with Crippen LogP contribution in [0.3, 0.4) is 0 Å². The number of urea groups is 1. The second kappa shape index (κ2) is 5.33. The van der Waals surface area contributed by atoms with Gasteiger partial charge < -0.3 is 10.6 Å². The molecular formula is C14H15N3O3S. The molecule has 6 nitrogen and oxygen atoms in total. The first-order chi connectivity index (χ1) is 10.0. The van der Waals surface area contributed by atoms with Crippen LogP contribution >= 0.6 is 0 Å². The molecule has 0 spiro atoms. The molecule has 1 saturated heterocycles. The predicted octanol–water partition coefficient (Wildman–Crippen LogP) is 1.54. The van der Waals surface area contributed by atoms with Gasteiger partial charge in [-0.1, -0.05) is 6.07 Å². The Labute approximate surface area is 122 Å². The lowest BCUT2D eigenvalue weighted by atomic mass is 10.2.